The van der Waals surface area contributed by atoms with Crippen LogP contribution in [-0.2, 0) is 0 Å². The van der Waals surface area contributed by atoms with Crippen LogP contribution < -0.4 is 10.9 Å². The van der Waals surface area contributed by atoms with Crippen LogP contribution in [0.25, 0.3) is 0 Å². The van der Waals surface area contributed by atoms with E-state index in [1.807, 2.05) is 12.1 Å². The molecule has 2 aromatic carbocycles. The molecule has 0 fully saturated rings. The summed E-state index contributed by atoms with van der Waals surface area (Å²) in [4.78, 5) is 0. The second-order valence-electron chi connectivity index (χ2n) is 4.34. The molecule has 2 N–H and O–H groups in total. The maximum absolute atomic E-state index is 4.38. The van der Waals surface area contributed by atoms with Crippen molar-refractivity contribution < 1.29 is 0 Å². The maximum atomic E-state index is 4.38. The van der Waals surface area contributed by atoms with E-state index in [9.17, 15) is 0 Å². The van der Waals surface area contributed by atoms with Gasteiger partial charge in [-0.1, -0.05) is 12.1 Å². The summed E-state index contributed by atoms with van der Waals surface area (Å²) >= 11 is 9.25. The van der Waals surface area contributed by atoms with E-state index in [1.165, 1.54) is 0 Å². The molecule has 0 saturated carbocycles. The van der Waals surface area contributed by atoms with Crippen LogP contribution in [0.15, 0.2) is 46.6 Å². The fraction of sp³-hybridized carbons (Fsp3) is 0. The number of benzene rings is 2. The molecule has 0 bridgehead atoms. The van der Waals surface area contributed by atoms with E-state index in [0.717, 1.165) is 37.1 Å². The molecule has 0 amide bonds. The van der Waals surface area contributed by atoms with Crippen molar-refractivity contribution in [3.8, 4) is 0 Å². The van der Waals surface area contributed by atoms with Crippen molar-refractivity contribution in [1.82, 2.24) is 10.9 Å². The number of rotatable bonds is 2. The van der Waals surface area contributed by atoms with Gasteiger partial charge in [0.2, 0.25) is 0 Å². The largest absolute Gasteiger partial charge is 0.281 e. The molecule has 1 heterocycles. The molecule has 1 aliphatic heterocycles. The number of nitrogens with one attached hydrogen (secondary N) is 2. The first kappa shape index (κ1) is 17.1. The Morgan fingerprint density at radius 3 is 1.18 bits per heavy atom. The molecule has 112 valence electrons. The summed E-state index contributed by atoms with van der Waals surface area (Å²) in [6.45, 7) is 0. The van der Waals surface area contributed by atoms with Crippen LogP contribution in [0.4, 0.5) is 0 Å². The van der Waals surface area contributed by atoms with E-state index < -0.39 is 0 Å². The summed E-state index contributed by atoms with van der Waals surface area (Å²) in [6.07, 6.45) is 0. The number of halogens is 4. The first-order valence-corrected chi connectivity index (χ1v) is 10.5. The van der Waals surface area contributed by atoms with Gasteiger partial charge in [-0.25, -0.2) is 0 Å². The standard InChI is InChI=1S/C14H8I4N4/c15-7-3-1-4-8(16)11(7)13-19-21-14(22-20-13)12-9(17)5-2-6-10(12)18/h1-6H,(H,19,20)(H,21,22). The van der Waals surface area contributed by atoms with Gasteiger partial charge in [-0.15, -0.1) is 10.2 Å². The molecule has 2 aromatic rings. The topological polar surface area (TPSA) is 48.8 Å². The predicted molar refractivity (Wildman–Crippen MR) is 123 cm³/mol. The number of hydrogen-bond donors (Lipinski definition) is 2. The van der Waals surface area contributed by atoms with Crippen LogP contribution in [0, 0.1) is 14.3 Å². The smallest absolute Gasteiger partial charge is 0.176 e. The fourth-order valence-corrected chi connectivity index (χ4v) is 5.99. The average Bonchev–Trinajstić information content (AvgIpc) is 2.48. The second kappa shape index (κ2) is 7.46. The second-order valence-corrected chi connectivity index (χ2v) is 8.99. The summed E-state index contributed by atoms with van der Waals surface area (Å²) < 4.78 is 4.56. The Kier molecular flexibility index (Phi) is 5.81. The number of nitrogens with zero attached hydrogens (tertiary/aromatic N) is 2. The van der Waals surface area contributed by atoms with Crippen molar-refractivity contribution in [2.45, 2.75) is 0 Å². The third-order valence-electron chi connectivity index (χ3n) is 2.95. The molecular weight excluding hydrogens is 732 g/mol. The zero-order chi connectivity index (χ0) is 15.7. The van der Waals surface area contributed by atoms with Crippen LogP contribution in [0.2, 0.25) is 0 Å². The summed E-state index contributed by atoms with van der Waals surface area (Å²) in [7, 11) is 0. The molecule has 0 atom stereocenters. The summed E-state index contributed by atoms with van der Waals surface area (Å²) in [6, 6.07) is 12.3. The lowest BCUT2D eigenvalue weighted by Crippen LogP contribution is -2.46. The number of hydrazine groups is 1. The van der Waals surface area contributed by atoms with E-state index in [1.54, 1.807) is 0 Å². The van der Waals surface area contributed by atoms with Gasteiger partial charge >= 0.3 is 0 Å². The molecule has 0 saturated heterocycles. The molecule has 0 spiro atoms. The molecule has 0 aromatic heterocycles. The van der Waals surface area contributed by atoms with Crippen LogP contribution in [0.5, 0.6) is 0 Å². The molecule has 0 unspecified atom stereocenters. The quantitative estimate of drug-likeness (QED) is 0.452. The van der Waals surface area contributed by atoms with Gasteiger partial charge in [0, 0.05) is 25.4 Å². The Morgan fingerprint density at radius 2 is 0.909 bits per heavy atom. The van der Waals surface area contributed by atoms with E-state index in [-0.39, 0.29) is 0 Å². The van der Waals surface area contributed by atoms with Gasteiger partial charge in [-0.2, -0.15) is 0 Å². The van der Waals surface area contributed by atoms with Crippen molar-refractivity contribution in [2.24, 2.45) is 10.2 Å². The van der Waals surface area contributed by atoms with Crippen molar-refractivity contribution in [3.63, 3.8) is 0 Å². The SMILES string of the molecule is Ic1cccc(I)c1C1=NN=C(c2c(I)cccc2I)NN1. The van der Waals surface area contributed by atoms with Crippen molar-refractivity contribution in [3.05, 3.63) is 61.8 Å². The highest BCUT2D eigenvalue weighted by Crippen LogP contribution is 2.22. The molecule has 8 heteroatoms. The van der Waals surface area contributed by atoms with Gasteiger partial charge < -0.3 is 0 Å². The Morgan fingerprint density at radius 1 is 0.591 bits per heavy atom. The van der Waals surface area contributed by atoms with Crippen molar-refractivity contribution in [1.29, 1.82) is 0 Å². The highest BCUT2D eigenvalue weighted by Gasteiger charge is 2.19. The Hall–Kier alpha value is 0.300. The minimum absolute atomic E-state index is 0.735. The normalized spacial score (nSPS) is 13.8. The molecular formula is C14H8I4N4. The number of hydrogen-bond acceptors (Lipinski definition) is 4. The molecule has 4 nitrogen and oxygen atoms in total. The lowest BCUT2D eigenvalue weighted by molar-refractivity contribution is 0.823. The van der Waals surface area contributed by atoms with Gasteiger partial charge in [-0.3, -0.25) is 10.9 Å². The maximum Gasteiger partial charge on any atom is 0.176 e. The van der Waals surface area contributed by atoms with Crippen molar-refractivity contribution in [2.75, 3.05) is 0 Å². The predicted octanol–water partition coefficient (Wildman–Crippen LogP) is 4.32. The van der Waals surface area contributed by atoms with Gasteiger partial charge in [0.1, 0.15) is 0 Å². The molecule has 3 rings (SSSR count). The van der Waals surface area contributed by atoms with E-state index in [0.29, 0.717) is 0 Å². The summed E-state index contributed by atoms with van der Waals surface area (Å²) in [5, 5.41) is 8.75. The first-order chi connectivity index (χ1) is 10.6. The van der Waals surface area contributed by atoms with Crippen LogP contribution >= 0.6 is 90.4 Å². The first-order valence-electron chi connectivity index (χ1n) is 6.14. The van der Waals surface area contributed by atoms with E-state index >= 15 is 0 Å². The van der Waals surface area contributed by atoms with Gasteiger partial charge in [0.25, 0.3) is 0 Å². The highest BCUT2D eigenvalue weighted by atomic mass is 127. The molecule has 0 aliphatic carbocycles. The summed E-state index contributed by atoms with van der Waals surface area (Å²) in [5.41, 5.74) is 8.48. The van der Waals surface area contributed by atoms with E-state index in [4.69, 9.17) is 0 Å². The van der Waals surface area contributed by atoms with Gasteiger partial charge in [0.15, 0.2) is 11.7 Å². The Balaban J connectivity index is 2.02. The minimum Gasteiger partial charge on any atom is -0.281 e. The lowest BCUT2D eigenvalue weighted by atomic mass is 10.2. The third-order valence-corrected chi connectivity index (χ3v) is 6.54. The zero-order valence-corrected chi connectivity index (χ0v) is 19.5. The third kappa shape index (κ3) is 3.53. The fourth-order valence-electron chi connectivity index (χ4n) is 1.94. The Bertz CT molecular complexity index is 693. The zero-order valence-electron chi connectivity index (χ0n) is 10.9. The van der Waals surface area contributed by atoms with E-state index in [2.05, 4.69) is 136 Å². The number of amidine groups is 2. The lowest BCUT2D eigenvalue weighted by Gasteiger charge is -2.19. The Labute approximate surface area is 182 Å². The molecule has 1 aliphatic rings. The summed E-state index contributed by atoms with van der Waals surface area (Å²) in [5.74, 6) is 1.47. The van der Waals surface area contributed by atoms with Gasteiger partial charge in [0.05, 0.1) is 0 Å². The monoisotopic (exact) mass is 740 g/mol. The average molecular weight is 740 g/mol. The van der Waals surface area contributed by atoms with Crippen LogP contribution in [0.1, 0.15) is 11.1 Å². The van der Waals surface area contributed by atoms with Crippen LogP contribution in [0.3, 0.4) is 0 Å². The highest BCUT2D eigenvalue weighted by molar-refractivity contribution is 14.1. The molecule has 0 radical (unpaired) electrons. The van der Waals surface area contributed by atoms with Crippen LogP contribution in [-0.4, -0.2) is 11.7 Å². The minimum atomic E-state index is 0.735. The molecule has 22 heavy (non-hydrogen) atoms. The van der Waals surface area contributed by atoms with Crippen molar-refractivity contribution >= 4 is 102 Å². The van der Waals surface area contributed by atoms with Gasteiger partial charge in [-0.05, 0) is 115 Å².